The molecule has 0 aromatic carbocycles. The van der Waals surface area contributed by atoms with Crippen LogP contribution in [0.3, 0.4) is 0 Å². The first-order chi connectivity index (χ1) is 11.3. The standard InChI is InChI=1S/C9H13BrN2S/c1-11-4-6-12(7-5-11)9-3-2-8(10)13-9/h2-3H,4-7H2,1H3/i1D3,2D,3D,4D2,5D2,6D2,7D2. The van der Waals surface area contributed by atoms with Crippen molar-refractivity contribution in [1.29, 1.82) is 0 Å². The molecule has 1 aromatic rings. The van der Waals surface area contributed by atoms with Gasteiger partial charge < -0.3 is 9.80 Å². The Bertz CT molecular complexity index is 698. The minimum atomic E-state index is -3.50. The maximum absolute atomic E-state index is 8.11. The fraction of sp³-hybridized carbons (Fsp3) is 0.556. The number of hydrogen-bond donors (Lipinski definition) is 0. The molecule has 1 aliphatic rings. The Morgan fingerprint density at radius 1 is 1.54 bits per heavy atom. The summed E-state index contributed by atoms with van der Waals surface area (Å²) in [6.07, 6.45) is 0. The summed E-state index contributed by atoms with van der Waals surface area (Å²) in [4.78, 5) is -0.352. The number of nitrogens with zero attached hydrogens (tertiary/aromatic N) is 2. The molecular formula is C9H13BrN2S. The molecule has 1 saturated heterocycles. The predicted octanol–water partition coefficient (Wildman–Crippen LogP) is 2.26. The fourth-order valence-corrected chi connectivity index (χ4v) is 1.81. The van der Waals surface area contributed by atoms with E-state index in [-0.39, 0.29) is 8.69 Å². The van der Waals surface area contributed by atoms with Crippen molar-refractivity contribution >= 4 is 32.3 Å². The van der Waals surface area contributed by atoms with Crippen LogP contribution in [0.25, 0.3) is 0 Å². The lowest BCUT2D eigenvalue weighted by Crippen LogP contribution is -2.44. The maximum Gasteiger partial charge on any atom is 0.0921 e. The lowest BCUT2D eigenvalue weighted by atomic mass is 10.3. The van der Waals surface area contributed by atoms with Gasteiger partial charge in [-0.25, -0.2) is 0 Å². The van der Waals surface area contributed by atoms with Crippen molar-refractivity contribution in [2.24, 2.45) is 0 Å². The summed E-state index contributed by atoms with van der Waals surface area (Å²) in [5, 5.41) is -0.533. The van der Waals surface area contributed by atoms with Crippen LogP contribution < -0.4 is 4.90 Å². The zero-order chi connectivity index (χ0) is 20.7. The van der Waals surface area contributed by atoms with Gasteiger partial charge in [0.25, 0.3) is 0 Å². The molecule has 0 N–H and O–H groups in total. The minimum Gasteiger partial charge on any atom is -0.361 e. The molecule has 2 nitrogen and oxygen atoms in total. The lowest BCUT2D eigenvalue weighted by molar-refractivity contribution is 0.313. The summed E-state index contributed by atoms with van der Waals surface area (Å²) in [5.74, 6) is 0. The first-order valence-electron chi connectivity index (χ1n) is 9.69. The Hall–Kier alpha value is -0.0600. The molecule has 4 heteroatoms. The Labute approximate surface area is 110 Å². The number of halogens is 1. The molecule has 0 bridgehead atoms. The number of thiophene rings is 1. The van der Waals surface area contributed by atoms with E-state index in [1.54, 1.807) is 0 Å². The Balaban J connectivity index is 2.85. The molecule has 1 aromatic heterocycles. The van der Waals surface area contributed by atoms with Crippen molar-refractivity contribution in [3.8, 4) is 0 Å². The lowest BCUT2D eigenvalue weighted by Gasteiger charge is -2.32. The van der Waals surface area contributed by atoms with Crippen LogP contribution in [0, 0.1) is 0 Å². The smallest absolute Gasteiger partial charge is 0.0921 e. The SMILES string of the molecule is [2H]c1c(Br)sc(N2C([2H])([2H])C([2H])([2H])N(C([2H])([2H])[2H])C([2H])([2H])C2([2H])[2H])c1[2H]. The summed E-state index contributed by atoms with van der Waals surface area (Å²) in [6.45, 7) is -17.3. The van der Waals surface area contributed by atoms with Gasteiger partial charge in [-0.05, 0) is 35.0 Å². The van der Waals surface area contributed by atoms with Crippen LogP contribution in [0.2, 0.25) is 0 Å². The van der Waals surface area contributed by atoms with Gasteiger partial charge >= 0.3 is 0 Å². The monoisotopic (exact) mass is 273 g/mol. The molecule has 13 heavy (non-hydrogen) atoms. The van der Waals surface area contributed by atoms with E-state index < -0.39 is 54.9 Å². The van der Waals surface area contributed by atoms with E-state index >= 15 is 0 Å². The van der Waals surface area contributed by atoms with Crippen molar-refractivity contribution in [2.75, 3.05) is 37.9 Å². The summed E-state index contributed by atoms with van der Waals surface area (Å²) in [6, 6.07) is -1.04. The molecule has 0 atom stereocenters. The van der Waals surface area contributed by atoms with Crippen molar-refractivity contribution in [3.63, 3.8) is 0 Å². The molecule has 2 heterocycles. The molecule has 2 rings (SSSR count). The minimum absolute atomic E-state index is 0.0449. The first kappa shape index (κ1) is 2.54. The highest BCUT2D eigenvalue weighted by atomic mass is 79.9. The summed E-state index contributed by atoms with van der Waals surface area (Å²) in [7, 11) is 0. The highest BCUT2D eigenvalue weighted by Gasteiger charge is 2.15. The third-order valence-electron chi connectivity index (χ3n) is 1.20. The molecule has 0 unspecified atom stereocenters. The second-order valence-electron chi connectivity index (χ2n) is 2.05. The van der Waals surface area contributed by atoms with E-state index in [2.05, 4.69) is 15.9 Å². The predicted molar refractivity (Wildman–Crippen MR) is 61.7 cm³/mol. The number of likely N-dealkylation sites (N-methyl/N-ethyl adjacent to an activating group) is 1. The zero-order valence-corrected chi connectivity index (χ0v) is 8.58. The Kier molecular flexibility index (Phi) is 0.779. The van der Waals surface area contributed by atoms with Gasteiger partial charge in [0, 0.05) is 35.6 Å². The van der Waals surface area contributed by atoms with Gasteiger partial charge in [-0.1, -0.05) is 0 Å². The van der Waals surface area contributed by atoms with Crippen LogP contribution in [0.15, 0.2) is 15.9 Å². The van der Waals surface area contributed by atoms with E-state index in [0.29, 0.717) is 11.3 Å². The van der Waals surface area contributed by atoms with E-state index in [9.17, 15) is 0 Å². The van der Waals surface area contributed by atoms with Crippen molar-refractivity contribution < 1.29 is 17.8 Å². The Morgan fingerprint density at radius 3 is 2.85 bits per heavy atom. The van der Waals surface area contributed by atoms with Crippen LogP contribution in [0.4, 0.5) is 5.00 Å². The van der Waals surface area contributed by atoms with Gasteiger partial charge in [0.2, 0.25) is 0 Å². The molecular weight excluding hydrogens is 248 g/mol. The van der Waals surface area contributed by atoms with Gasteiger partial charge in [-0.2, -0.15) is 0 Å². The highest BCUT2D eigenvalue weighted by Crippen LogP contribution is 2.30. The fourth-order valence-electron chi connectivity index (χ4n) is 0.698. The van der Waals surface area contributed by atoms with E-state index in [4.69, 9.17) is 17.8 Å². The molecule has 0 spiro atoms. The third kappa shape index (κ3) is 2.24. The van der Waals surface area contributed by atoms with Crippen LogP contribution >= 0.6 is 27.3 Å². The van der Waals surface area contributed by atoms with Gasteiger partial charge in [0.1, 0.15) is 0 Å². The number of anilines is 1. The summed E-state index contributed by atoms with van der Waals surface area (Å²) < 4.78 is 102. The first-order valence-corrected chi connectivity index (χ1v) is 4.80. The molecule has 1 fully saturated rings. The average molecular weight is 274 g/mol. The maximum atomic E-state index is 8.11. The van der Waals surface area contributed by atoms with E-state index in [0.717, 1.165) is 0 Å². The van der Waals surface area contributed by atoms with Gasteiger partial charge in [-0.15, -0.1) is 11.3 Å². The highest BCUT2D eigenvalue weighted by molar-refractivity contribution is 9.11. The molecule has 0 radical (unpaired) electrons. The molecule has 0 aliphatic carbocycles. The third-order valence-corrected chi connectivity index (χ3v) is 2.65. The molecule has 72 valence electrons. The largest absolute Gasteiger partial charge is 0.361 e. The second-order valence-corrected chi connectivity index (χ2v) is 4.37. The average Bonchev–Trinajstić information content (AvgIpc) is 2.62. The van der Waals surface area contributed by atoms with Gasteiger partial charge in [0.15, 0.2) is 0 Å². The zero-order valence-electron chi connectivity index (χ0n) is 19.2. The molecule has 1 aliphatic heterocycles. The molecule has 0 amide bonds. The van der Waals surface area contributed by atoms with Crippen LogP contribution in [-0.2, 0) is 0 Å². The number of rotatable bonds is 1. The number of piperazine rings is 1. The topological polar surface area (TPSA) is 6.48 Å². The number of hydrogen-bond acceptors (Lipinski definition) is 3. The van der Waals surface area contributed by atoms with E-state index in [1.165, 1.54) is 0 Å². The quantitative estimate of drug-likeness (QED) is 0.775. The molecule has 0 saturated carbocycles. The van der Waals surface area contributed by atoms with Crippen LogP contribution in [-0.4, -0.2) is 37.9 Å². The summed E-state index contributed by atoms with van der Waals surface area (Å²) in [5.41, 5.74) is 0. The van der Waals surface area contributed by atoms with Crippen LogP contribution in [0.1, 0.15) is 17.8 Å². The van der Waals surface area contributed by atoms with Gasteiger partial charge in [-0.3, -0.25) is 0 Å². The van der Waals surface area contributed by atoms with E-state index in [1.807, 2.05) is 0 Å². The van der Waals surface area contributed by atoms with Crippen molar-refractivity contribution in [2.45, 2.75) is 0 Å². The van der Waals surface area contributed by atoms with Crippen molar-refractivity contribution in [1.82, 2.24) is 4.90 Å². The second kappa shape index (κ2) is 3.98. The summed E-state index contributed by atoms with van der Waals surface area (Å²) >= 11 is 3.52. The normalized spacial score (nSPS) is 50.5. The van der Waals surface area contributed by atoms with Crippen LogP contribution in [0.5, 0.6) is 0 Å². The Morgan fingerprint density at radius 2 is 2.31 bits per heavy atom. The van der Waals surface area contributed by atoms with Gasteiger partial charge in [0.05, 0.1) is 17.0 Å². The van der Waals surface area contributed by atoms with Crippen molar-refractivity contribution in [3.05, 3.63) is 15.9 Å².